The topological polar surface area (TPSA) is 90.6 Å². The molecule has 10 heteroatoms. The molecule has 1 aliphatic heterocycles. The molecule has 1 aliphatic rings. The quantitative estimate of drug-likeness (QED) is 0.651. The molecular weight excluding hydrogens is 428 g/mol. The summed E-state index contributed by atoms with van der Waals surface area (Å²) >= 11 is 0. The number of aromatic nitrogens is 1. The molecule has 3 rings (SSSR count). The smallest absolute Gasteiger partial charge is 0.243 e. The molecule has 0 radical (unpaired) electrons. The second kappa shape index (κ2) is 8.97. The number of aryl methyl sites for hydroxylation is 1. The Bertz CT molecular complexity index is 1120. The van der Waals surface area contributed by atoms with Crippen LogP contribution in [0.15, 0.2) is 23.1 Å². The van der Waals surface area contributed by atoms with Gasteiger partial charge in [0.2, 0.25) is 10.0 Å². The number of hydrogen-bond acceptors (Lipinski definition) is 5. The number of sulfonamides is 1. The van der Waals surface area contributed by atoms with E-state index in [2.05, 4.69) is 4.98 Å². The van der Waals surface area contributed by atoms with Gasteiger partial charge in [0.1, 0.15) is 0 Å². The molecule has 0 amide bonds. The number of piperazine rings is 1. The summed E-state index contributed by atoms with van der Waals surface area (Å²) in [6, 6.07) is 2.50. The Balaban J connectivity index is 1.68. The molecule has 0 aliphatic carbocycles. The molecule has 0 spiro atoms. The lowest BCUT2D eigenvalue weighted by Gasteiger charge is -2.33. The summed E-state index contributed by atoms with van der Waals surface area (Å²) in [5.74, 6) is -2.59. The van der Waals surface area contributed by atoms with Crippen LogP contribution in [0.1, 0.15) is 46.0 Å². The fourth-order valence-corrected chi connectivity index (χ4v) is 5.38. The fourth-order valence-electron chi connectivity index (χ4n) is 3.94. The van der Waals surface area contributed by atoms with Crippen LogP contribution < -0.4 is 0 Å². The zero-order valence-electron chi connectivity index (χ0n) is 17.7. The van der Waals surface area contributed by atoms with E-state index in [1.54, 1.807) is 6.92 Å². The van der Waals surface area contributed by atoms with E-state index in [0.717, 1.165) is 12.1 Å². The Morgan fingerprint density at radius 3 is 2.29 bits per heavy atom. The number of H-pyrrole nitrogens is 1. The van der Waals surface area contributed by atoms with Gasteiger partial charge in [0.15, 0.2) is 23.2 Å². The van der Waals surface area contributed by atoms with Crippen molar-refractivity contribution in [2.75, 3.05) is 32.7 Å². The minimum absolute atomic E-state index is 0.0867. The van der Waals surface area contributed by atoms with E-state index >= 15 is 0 Å². The van der Waals surface area contributed by atoms with Gasteiger partial charge in [-0.05, 0) is 44.0 Å². The fraction of sp³-hybridized carbons (Fsp3) is 0.429. The lowest BCUT2D eigenvalue weighted by molar-refractivity contribution is 0.0896. The summed E-state index contributed by atoms with van der Waals surface area (Å²) in [6.45, 7) is 6.07. The highest BCUT2D eigenvalue weighted by Crippen LogP contribution is 2.22. The van der Waals surface area contributed by atoms with Gasteiger partial charge in [-0.2, -0.15) is 4.31 Å². The lowest BCUT2D eigenvalue weighted by atomic mass is 10.0. The molecule has 0 atom stereocenters. The number of hydrogen-bond donors (Lipinski definition) is 1. The van der Waals surface area contributed by atoms with Crippen LogP contribution in [0.3, 0.4) is 0 Å². The highest BCUT2D eigenvalue weighted by Gasteiger charge is 2.30. The molecule has 7 nitrogen and oxygen atoms in total. The number of benzene rings is 1. The highest BCUT2D eigenvalue weighted by atomic mass is 32.2. The van der Waals surface area contributed by atoms with E-state index in [1.165, 1.54) is 11.2 Å². The number of rotatable bonds is 7. The first-order chi connectivity index (χ1) is 14.6. The van der Waals surface area contributed by atoms with Crippen molar-refractivity contribution in [3.05, 3.63) is 52.3 Å². The maximum absolute atomic E-state index is 13.5. The van der Waals surface area contributed by atoms with Crippen LogP contribution in [0.25, 0.3) is 0 Å². The second-order valence-electron chi connectivity index (χ2n) is 7.57. The van der Waals surface area contributed by atoms with Crippen LogP contribution in [0.5, 0.6) is 0 Å². The van der Waals surface area contributed by atoms with Crippen LogP contribution in [0, 0.1) is 18.6 Å². The van der Waals surface area contributed by atoms with Gasteiger partial charge >= 0.3 is 0 Å². The first-order valence-electron chi connectivity index (χ1n) is 9.99. The first-order valence-corrected chi connectivity index (χ1v) is 11.4. The summed E-state index contributed by atoms with van der Waals surface area (Å²) in [6.07, 6.45) is 0.542. The Morgan fingerprint density at radius 1 is 1.10 bits per heavy atom. The lowest BCUT2D eigenvalue weighted by Crippen LogP contribution is -2.49. The van der Waals surface area contributed by atoms with E-state index in [-0.39, 0.29) is 36.1 Å². The van der Waals surface area contributed by atoms with Gasteiger partial charge in [-0.1, -0.05) is 6.92 Å². The van der Waals surface area contributed by atoms with Crippen molar-refractivity contribution in [1.82, 2.24) is 14.2 Å². The van der Waals surface area contributed by atoms with E-state index in [9.17, 15) is 26.8 Å². The van der Waals surface area contributed by atoms with Crippen LogP contribution in [0.2, 0.25) is 0 Å². The van der Waals surface area contributed by atoms with Crippen LogP contribution in [-0.2, 0) is 16.4 Å². The molecule has 1 N–H and O–H groups in total. The predicted octanol–water partition coefficient (Wildman–Crippen LogP) is 2.56. The Kier molecular flexibility index (Phi) is 6.73. The highest BCUT2D eigenvalue weighted by molar-refractivity contribution is 7.89. The number of carbonyl (C=O) groups is 2. The summed E-state index contributed by atoms with van der Waals surface area (Å²) in [5, 5.41) is 0. The number of carbonyl (C=O) groups excluding carboxylic acids is 2. The molecule has 1 fully saturated rings. The van der Waals surface area contributed by atoms with Crippen molar-refractivity contribution in [2.24, 2.45) is 0 Å². The molecule has 31 heavy (non-hydrogen) atoms. The molecule has 1 aromatic heterocycles. The molecule has 0 unspecified atom stereocenters. The third kappa shape index (κ3) is 4.60. The SMILES string of the molecule is CCc1c(C(=O)CN2CCN(S(=O)(=O)c3ccc(F)c(F)c3)CC2)[nH]c(C)c1C(C)=O. The van der Waals surface area contributed by atoms with Crippen molar-refractivity contribution in [3.8, 4) is 0 Å². The van der Waals surface area contributed by atoms with Crippen molar-refractivity contribution in [2.45, 2.75) is 32.1 Å². The summed E-state index contributed by atoms with van der Waals surface area (Å²) < 4.78 is 53.2. The molecule has 168 valence electrons. The predicted molar refractivity (Wildman–Crippen MR) is 111 cm³/mol. The van der Waals surface area contributed by atoms with Crippen LogP contribution in [0.4, 0.5) is 8.78 Å². The molecule has 1 saturated heterocycles. The van der Waals surface area contributed by atoms with Crippen molar-refractivity contribution in [3.63, 3.8) is 0 Å². The Labute approximate surface area is 180 Å². The summed E-state index contributed by atoms with van der Waals surface area (Å²) in [4.78, 5) is 29.3. The summed E-state index contributed by atoms with van der Waals surface area (Å²) in [7, 11) is -3.96. The molecule has 1 aromatic carbocycles. The van der Waals surface area contributed by atoms with Crippen LogP contribution >= 0.6 is 0 Å². The third-order valence-electron chi connectivity index (χ3n) is 5.50. The maximum Gasteiger partial charge on any atom is 0.243 e. The zero-order valence-corrected chi connectivity index (χ0v) is 18.5. The zero-order chi connectivity index (χ0) is 22.9. The first kappa shape index (κ1) is 23.2. The average Bonchev–Trinajstić information content (AvgIpc) is 3.07. The Hall–Kier alpha value is -2.43. The number of halogens is 2. The van der Waals surface area contributed by atoms with Gasteiger partial charge < -0.3 is 4.98 Å². The number of aromatic amines is 1. The van der Waals surface area contributed by atoms with Gasteiger partial charge in [-0.25, -0.2) is 17.2 Å². The van der Waals surface area contributed by atoms with Gasteiger partial charge in [0.05, 0.1) is 17.1 Å². The normalized spacial score (nSPS) is 15.9. The van der Waals surface area contributed by atoms with Crippen LogP contribution in [-0.4, -0.2) is 66.9 Å². The largest absolute Gasteiger partial charge is 0.355 e. The number of nitrogens with one attached hydrogen (secondary N) is 1. The number of ketones is 2. The summed E-state index contributed by atoms with van der Waals surface area (Å²) in [5.41, 5.74) is 2.33. The van der Waals surface area contributed by atoms with E-state index < -0.39 is 21.7 Å². The molecule has 0 bridgehead atoms. The minimum atomic E-state index is -3.96. The van der Waals surface area contributed by atoms with Gasteiger partial charge in [0, 0.05) is 37.4 Å². The molecule has 2 heterocycles. The molecule has 2 aromatic rings. The standard InChI is InChI=1S/C21H25F2N3O4S/c1-4-16-20(14(3)27)13(2)24-21(16)19(28)12-25-7-9-26(10-8-25)31(29,30)15-5-6-17(22)18(23)11-15/h5-6,11,24H,4,7-10,12H2,1-3H3. The van der Waals surface area contributed by atoms with E-state index in [1.807, 2.05) is 11.8 Å². The van der Waals surface area contributed by atoms with Crippen molar-refractivity contribution >= 4 is 21.6 Å². The van der Waals surface area contributed by atoms with Gasteiger partial charge in [-0.15, -0.1) is 0 Å². The molecular formula is C21H25F2N3O4S. The van der Waals surface area contributed by atoms with Crippen molar-refractivity contribution < 1.29 is 26.8 Å². The minimum Gasteiger partial charge on any atom is -0.355 e. The van der Waals surface area contributed by atoms with Crippen molar-refractivity contribution in [1.29, 1.82) is 0 Å². The average molecular weight is 454 g/mol. The number of Topliss-reactive ketones (excluding diaryl/α,β-unsaturated/α-hetero) is 2. The second-order valence-corrected chi connectivity index (χ2v) is 9.51. The van der Waals surface area contributed by atoms with E-state index in [0.29, 0.717) is 48.1 Å². The monoisotopic (exact) mass is 453 g/mol. The molecule has 0 saturated carbocycles. The van der Waals surface area contributed by atoms with E-state index in [4.69, 9.17) is 0 Å². The maximum atomic E-state index is 13.5. The van der Waals surface area contributed by atoms with Gasteiger partial charge in [0.25, 0.3) is 0 Å². The number of nitrogens with zero attached hydrogens (tertiary/aromatic N) is 2. The Morgan fingerprint density at radius 2 is 1.74 bits per heavy atom. The van der Waals surface area contributed by atoms with Gasteiger partial charge in [-0.3, -0.25) is 14.5 Å². The third-order valence-corrected chi connectivity index (χ3v) is 7.40.